The van der Waals surface area contributed by atoms with Crippen molar-refractivity contribution in [3.63, 3.8) is 0 Å². The highest BCUT2D eigenvalue weighted by atomic mass is 35.5. The second-order valence-electron chi connectivity index (χ2n) is 8.85. The van der Waals surface area contributed by atoms with Crippen molar-refractivity contribution in [2.45, 2.75) is 50.8 Å². The first-order chi connectivity index (χ1) is 14.7. The zero-order chi connectivity index (χ0) is 22.6. The normalized spacial score (nSPS) is 22.9. The number of rotatable bonds is 6. The molecule has 0 aliphatic carbocycles. The Kier molecular flexibility index (Phi) is 7.99. The molecule has 2 aliphatic heterocycles. The molecule has 0 radical (unpaired) electrons. The molecule has 0 spiro atoms. The van der Waals surface area contributed by atoms with Crippen molar-refractivity contribution in [3.05, 3.63) is 28.8 Å². The van der Waals surface area contributed by atoms with Crippen LogP contribution in [-0.2, 0) is 14.8 Å². The Hall–Kier alpha value is -1.64. The minimum Gasteiger partial charge on any atom is -0.352 e. The zero-order valence-electron chi connectivity index (χ0n) is 18.3. The van der Waals surface area contributed by atoms with E-state index >= 15 is 0 Å². The summed E-state index contributed by atoms with van der Waals surface area (Å²) >= 11 is 6.20. The summed E-state index contributed by atoms with van der Waals surface area (Å²) in [6.07, 6.45) is 4.18. The minimum atomic E-state index is -3.77. The molecule has 0 bridgehead atoms. The summed E-state index contributed by atoms with van der Waals surface area (Å²) in [5, 5.41) is 2.83. The summed E-state index contributed by atoms with van der Waals surface area (Å²) in [7, 11) is -3.77. The van der Waals surface area contributed by atoms with Gasteiger partial charge in [-0.25, -0.2) is 8.42 Å². The molecule has 1 N–H and O–H groups in total. The second-order valence-corrected chi connectivity index (χ2v) is 11.2. The van der Waals surface area contributed by atoms with Gasteiger partial charge in [-0.1, -0.05) is 25.4 Å². The number of hydrogen-bond acceptors (Lipinski definition) is 4. The molecule has 172 valence electrons. The predicted molar refractivity (Wildman–Crippen MR) is 121 cm³/mol. The molecule has 9 heteroatoms. The average molecular weight is 470 g/mol. The monoisotopic (exact) mass is 469 g/mol. The molecule has 0 saturated carbocycles. The van der Waals surface area contributed by atoms with E-state index < -0.39 is 15.9 Å². The topological polar surface area (TPSA) is 86.8 Å². The van der Waals surface area contributed by atoms with Gasteiger partial charge in [-0.2, -0.15) is 4.31 Å². The molecule has 2 amide bonds. The summed E-state index contributed by atoms with van der Waals surface area (Å²) in [5.41, 5.74) is 0.215. The van der Waals surface area contributed by atoms with Crippen LogP contribution in [0.15, 0.2) is 23.1 Å². The lowest BCUT2D eigenvalue weighted by molar-refractivity contribution is -0.132. The quantitative estimate of drug-likeness (QED) is 0.693. The van der Waals surface area contributed by atoms with Crippen LogP contribution < -0.4 is 5.32 Å². The third-order valence-corrected chi connectivity index (χ3v) is 8.41. The highest BCUT2D eigenvalue weighted by Gasteiger charge is 2.31. The van der Waals surface area contributed by atoms with Gasteiger partial charge in [0.2, 0.25) is 15.9 Å². The fourth-order valence-corrected chi connectivity index (χ4v) is 6.40. The maximum absolute atomic E-state index is 13.1. The van der Waals surface area contributed by atoms with Crippen molar-refractivity contribution in [2.24, 2.45) is 11.8 Å². The second kappa shape index (κ2) is 10.3. The molecule has 0 aromatic heterocycles. The number of amides is 2. The third kappa shape index (κ3) is 5.99. The Morgan fingerprint density at radius 2 is 1.77 bits per heavy atom. The molecular formula is C22H32ClN3O4S. The van der Waals surface area contributed by atoms with Gasteiger partial charge in [0.25, 0.3) is 5.91 Å². The number of piperidine rings is 2. The Morgan fingerprint density at radius 1 is 1.10 bits per heavy atom. The van der Waals surface area contributed by atoms with Crippen LogP contribution >= 0.6 is 11.6 Å². The van der Waals surface area contributed by atoms with Gasteiger partial charge in [-0.15, -0.1) is 0 Å². The van der Waals surface area contributed by atoms with E-state index in [1.807, 2.05) is 11.8 Å². The van der Waals surface area contributed by atoms with Gasteiger partial charge in [0, 0.05) is 44.7 Å². The van der Waals surface area contributed by atoms with Crippen LogP contribution in [0.4, 0.5) is 0 Å². The first-order valence-corrected chi connectivity index (χ1v) is 12.9. The molecule has 2 aliphatic rings. The Bertz CT molecular complexity index is 921. The first-order valence-electron chi connectivity index (χ1n) is 11.0. The summed E-state index contributed by atoms with van der Waals surface area (Å²) in [4.78, 5) is 26.8. The number of sulfonamides is 1. The van der Waals surface area contributed by atoms with Crippen LogP contribution in [0.1, 0.15) is 56.3 Å². The van der Waals surface area contributed by atoms with Crippen molar-refractivity contribution in [3.8, 4) is 0 Å². The Morgan fingerprint density at radius 3 is 2.45 bits per heavy atom. The van der Waals surface area contributed by atoms with Gasteiger partial charge in [0.05, 0.1) is 5.02 Å². The van der Waals surface area contributed by atoms with E-state index in [-0.39, 0.29) is 40.3 Å². The van der Waals surface area contributed by atoms with Crippen LogP contribution in [0.25, 0.3) is 0 Å². The number of hydrogen-bond donors (Lipinski definition) is 1. The van der Waals surface area contributed by atoms with Gasteiger partial charge in [-0.05, 0) is 55.7 Å². The zero-order valence-corrected chi connectivity index (χ0v) is 19.8. The van der Waals surface area contributed by atoms with Gasteiger partial charge < -0.3 is 10.2 Å². The highest BCUT2D eigenvalue weighted by Crippen LogP contribution is 2.29. The molecule has 2 fully saturated rings. The van der Waals surface area contributed by atoms with Crippen molar-refractivity contribution < 1.29 is 18.0 Å². The van der Waals surface area contributed by atoms with Crippen LogP contribution in [0, 0.1) is 11.8 Å². The number of benzene rings is 1. The highest BCUT2D eigenvalue weighted by molar-refractivity contribution is 7.89. The number of halogens is 1. The minimum absolute atomic E-state index is 0.0328. The molecule has 1 aromatic rings. The van der Waals surface area contributed by atoms with E-state index in [4.69, 9.17) is 11.6 Å². The molecule has 31 heavy (non-hydrogen) atoms. The SMILES string of the molecule is CC1CCCN(C(=O)CCNC(=O)c2ccc(Cl)c(S(=O)(=O)N3CCCC(C)C3)c2)C1. The van der Waals surface area contributed by atoms with E-state index in [1.54, 1.807) is 0 Å². The Balaban J connectivity index is 1.62. The van der Waals surface area contributed by atoms with Crippen LogP contribution in [0.5, 0.6) is 0 Å². The molecule has 7 nitrogen and oxygen atoms in total. The van der Waals surface area contributed by atoms with Gasteiger partial charge in [0.15, 0.2) is 0 Å². The first kappa shape index (κ1) is 24.0. The van der Waals surface area contributed by atoms with Gasteiger partial charge in [-0.3, -0.25) is 9.59 Å². The van der Waals surface area contributed by atoms with E-state index in [1.165, 1.54) is 22.5 Å². The fourth-order valence-electron chi connectivity index (χ4n) is 4.31. The molecule has 3 rings (SSSR count). The molecular weight excluding hydrogens is 438 g/mol. The molecule has 1 aromatic carbocycles. The number of nitrogens with zero attached hydrogens (tertiary/aromatic N) is 2. The third-order valence-electron chi connectivity index (χ3n) is 6.07. The molecule has 2 unspecified atom stereocenters. The maximum atomic E-state index is 13.1. The number of likely N-dealkylation sites (tertiary alicyclic amines) is 1. The van der Waals surface area contributed by atoms with Crippen molar-refractivity contribution in [2.75, 3.05) is 32.7 Å². The lowest BCUT2D eigenvalue weighted by Crippen LogP contribution is -2.40. The summed E-state index contributed by atoms with van der Waals surface area (Å²) < 4.78 is 27.6. The van der Waals surface area contributed by atoms with E-state index in [0.29, 0.717) is 19.0 Å². The summed E-state index contributed by atoms with van der Waals surface area (Å²) in [6, 6.07) is 4.28. The number of carbonyl (C=O) groups excluding carboxylic acids is 2. The average Bonchev–Trinajstić information content (AvgIpc) is 2.73. The van der Waals surface area contributed by atoms with Crippen molar-refractivity contribution in [1.82, 2.24) is 14.5 Å². The number of carbonyl (C=O) groups is 2. The molecule has 2 atom stereocenters. The standard InChI is InChI=1S/C22H32ClN3O4S/c1-16-5-3-11-25(14-16)21(27)9-10-24-22(28)18-7-8-19(23)20(13-18)31(29,30)26-12-4-6-17(2)15-26/h7-8,13,16-17H,3-6,9-12,14-15H2,1-2H3,(H,24,28). The van der Waals surface area contributed by atoms with E-state index in [2.05, 4.69) is 12.2 Å². The fraction of sp³-hybridized carbons (Fsp3) is 0.636. The molecule has 2 saturated heterocycles. The largest absolute Gasteiger partial charge is 0.352 e. The van der Waals surface area contributed by atoms with Gasteiger partial charge in [0.1, 0.15) is 4.90 Å². The van der Waals surface area contributed by atoms with Gasteiger partial charge >= 0.3 is 0 Å². The lowest BCUT2D eigenvalue weighted by atomic mass is 10.00. The molecule has 2 heterocycles. The summed E-state index contributed by atoms with van der Waals surface area (Å²) in [5.74, 6) is 0.407. The summed E-state index contributed by atoms with van der Waals surface area (Å²) in [6.45, 7) is 6.81. The Labute approximate surface area is 190 Å². The smallest absolute Gasteiger partial charge is 0.251 e. The van der Waals surface area contributed by atoms with Crippen molar-refractivity contribution >= 4 is 33.4 Å². The lowest BCUT2D eigenvalue weighted by Gasteiger charge is -2.31. The number of nitrogens with one attached hydrogen (secondary N) is 1. The van der Waals surface area contributed by atoms with E-state index in [9.17, 15) is 18.0 Å². The maximum Gasteiger partial charge on any atom is 0.251 e. The van der Waals surface area contributed by atoms with Crippen LogP contribution in [0.3, 0.4) is 0 Å². The van der Waals surface area contributed by atoms with Crippen LogP contribution in [0.2, 0.25) is 5.02 Å². The van der Waals surface area contributed by atoms with E-state index in [0.717, 1.165) is 38.8 Å². The predicted octanol–water partition coefficient (Wildman–Crippen LogP) is 3.14. The van der Waals surface area contributed by atoms with Crippen LogP contribution in [-0.4, -0.2) is 62.2 Å². The van der Waals surface area contributed by atoms with Crippen molar-refractivity contribution in [1.29, 1.82) is 0 Å².